The second-order valence-corrected chi connectivity index (χ2v) is 5.26. The van der Waals surface area contributed by atoms with Gasteiger partial charge in [-0.05, 0) is 12.0 Å². The van der Waals surface area contributed by atoms with Gasteiger partial charge in [0.2, 0.25) is 0 Å². The van der Waals surface area contributed by atoms with E-state index in [2.05, 4.69) is 22.1 Å². The summed E-state index contributed by atoms with van der Waals surface area (Å²) in [4.78, 5) is 22.1. The smallest absolute Gasteiger partial charge is 0.274 e. The van der Waals surface area contributed by atoms with E-state index in [-0.39, 0.29) is 11.1 Å². The van der Waals surface area contributed by atoms with Gasteiger partial charge in [-0.25, -0.2) is 4.98 Å². The molecule has 0 saturated carbocycles. The fourth-order valence-electron chi connectivity index (χ4n) is 2.55. The molecule has 0 spiro atoms. The van der Waals surface area contributed by atoms with E-state index in [0.717, 1.165) is 19.5 Å². The second kappa shape index (κ2) is 5.59. The number of halogens is 1. The zero-order valence-corrected chi connectivity index (χ0v) is 11.6. The molecule has 1 aliphatic heterocycles. The van der Waals surface area contributed by atoms with Crippen LogP contribution in [0.25, 0.3) is 0 Å². The number of carbonyl (C=O) groups excluding carboxylic acids is 1. The Kier molecular flexibility index (Phi) is 3.65. The quantitative estimate of drug-likeness (QED) is 0.853. The van der Waals surface area contributed by atoms with Crippen LogP contribution in [0, 0.1) is 0 Å². The van der Waals surface area contributed by atoms with Gasteiger partial charge >= 0.3 is 0 Å². The molecule has 1 fully saturated rings. The molecular formula is C15H14ClN3O. The summed E-state index contributed by atoms with van der Waals surface area (Å²) >= 11 is 5.78. The molecule has 5 heteroatoms. The lowest BCUT2D eigenvalue weighted by Gasteiger charge is -2.16. The highest BCUT2D eigenvalue weighted by atomic mass is 35.5. The van der Waals surface area contributed by atoms with Crippen molar-refractivity contribution in [1.82, 2.24) is 14.9 Å². The summed E-state index contributed by atoms with van der Waals surface area (Å²) in [6, 6.07) is 10.3. The van der Waals surface area contributed by atoms with Crippen LogP contribution in [0.5, 0.6) is 0 Å². The molecule has 2 heterocycles. The minimum atomic E-state index is -0.0987. The Morgan fingerprint density at radius 2 is 2.05 bits per heavy atom. The first-order valence-electron chi connectivity index (χ1n) is 6.56. The van der Waals surface area contributed by atoms with Crippen molar-refractivity contribution in [1.29, 1.82) is 0 Å². The molecule has 0 radical (unpaired) electrons. The van der Waals surface area contributed by atoms with E-state index >= 15 is 0 Å². The van der Waals surface area contributed by atoms with Crippen LogP contribution in [0.1, 0.15) is 28.4 Å². The maximum absolute atomic E-state index is 12.3. The minimum Gasteiger partial charge on any atom is -0.337 e. The third-order valence-corrected chi connectivity index (χ3v) is 3.75. The van der Waals surface area contributed by atoms with Crippen LogP contribution in [-0.4, -0.2) is 33.9 Å². The summed E-state index contributed by atoms with van der Waals surface area (Å²) in [6.07, 6.45) is 3.86. The van der Waals surface area contributed by atoms with Crippen LogP contribution in [-0.2, 0) is 0 Å². The molecule has 1 aromatic heterocycles. The molecule has 3 rings (SSSR count). The highest BCUT2D eigenvalue weighted by Crippen LogP contribution is 2.27. The normalized spacial score (nSPS) is 18.2. The van der Waals surface area contributed by atoms with Crippen LogP contribution in [0.3, 0.4) is 0 Å². The summed E-state index contributed by atoms with van der Waals surface area (Å²) < 4.78 is 0. The van der Waals surface area contributed by atoms with Crippen molar-refractivity contribution in [2.75, 3.05) is 13.1 Å². The Morgan fingerprint density at radius 3 is 2.80 bits per heavy atom. The van der Waals surface area contributed by atoms with Gasteiger partial charge in [-0.1, -0.05) is 41.9 Å². The topological polar surface area (TPSA) is 46.1 Å². The second-order valence-electron chi connectivity index (χ2n) is 4.87. The maximum Gasteiger partial charge on any atom is 0.274 e. The van der Waals surface area contributed by atoms with Crippen LogP contribution in [0.4, 0.5) is 0 Å². The summed E-state index contributed by atoms with van der Waals surface area (Å²) in [5.41, 5.74) is 1.59. The van der Waals surface area contributed by atoms with Crippen LogP contribution >= 0.6 is 11.6 Å². The summed E-state index contributed by atoms with van der Waals surface area (Å²) in [5.74, 6) is 0.297. The van der Waals surface area contributed by atoms with Crippen LogP contribution in [0.15, 0.2) is 42.7 Å². The Hall–Kier alpha value is -1.94. The molecule has 1 saturated heterocycles. The van der Waals surface area contributed by atoms with Gasteiger partial charge in [0.05, 0.1) is 12.4 Å². The first-order chi connectivity index (χ1) is 9.74. The highest BCUT2D eigenvalue weighted by molar-refractivity contribution is 6.29. The van der Waals surface area contributed by atoms with E-state index in [0.29, 0.717) is 11.6 Å². The monoisotopic (exact) mass is 287 g/mol. The number of amides is 1. The number of aromatic nitrogens is 2. The van der Waals surface area contributed by atoms with E-state index in [1.807, 2.05) is 23.1 Å². The van der Waals surface area contributed by atoms with Crippen molar-refractivity contribution in [3.63, 3.8) is 0 Å². The number of benzene rings is 1. The van der Waals surface area contributed by atoms with E-state index in [9.17, 15) is 4.79 Å². The van der Waals surface area contributed by atoms with Crippen molar-refractivity contribution in [3.8, 4) is 0 Å². The maximum atomic E-state index is 12.3. The van der Waals surface area contributed by atoms with Gasteiger partial charge in [0, 0.05) is 19.0 Å². The predicted octanol–water partition coefficient (Wildman–Crippen LogP) is 2.76. The number of hydrogen-bond donors (Lipinski definition) is 0. The molecule has 1 atom stereocenters. The molecule has 102 valence electrons. The zero-order chi connectivity index (χ0) is 13.9. The molecule has 1 aliphatic rings. The zero-order valence-electron chi connectivity index (χ0n) is 10.9. The lowest BCUT2D eigenvalue weighted by molar-refractivity contribution is 0.0784. The molecule has 0 bridgehead atoms. The van der Waals surface area contributed by atoms with E-state index in [1.165, 1.54) is 18.0 Å². The van der Waals surface area contributed by atoms with Crippen LogP contribution in [0.2, 0.25) is 5.15 Å². The number of carbonyl (C=O) groups is 1. The predicted molar refractivity (Wildman–Crippen MR) is 76.7 cm³/mol. The highest BCUT2D eigenvalue weighted by Gasteiger charge is 2.28. The number of rotatable bonds is 2. The molecule has 2 aromatic rings. The lowest BCUT2D eigenvalue weighted by atomic mass is 9.99. The molecule has 20 heavy (non-hydrogen) atoms. The lowest BCUT2D eigenvalue weighted by Crippen LogP contribution is -2.29. The van der Waals surface area contributed by atoms with Gasteiger partial charge in [0.15, 0.2) is 0 Å². The van der Waals surface area contributed by atoms with E-state index < -0.39 is 0 Å². The van der Waals surface area contributed by atoms with Gasteiger partial charge < -0.3 is 4.90 Å². The fraction of sp³-hybridized carbons (Fsp3) is 0.267. The number of hydrogen-bond acceptors (Lipinski definition) is 3. The number of nitrogens with zero attached hydrogens (tertiary/aromatic N) is 3. The fourth-order valence-corrected chi connectivity index (χ4v) is 2.70. The Labute approximate surface area is 122 Å². The molecule has 1 amide bonds. The summed E-state index contributed by atoms with van der Waals surface area (Å²) in [6.45, 7) is 1.46. The molecular weight excluding hydrogens is 274 g/mol. The minimum absolute atomic E-state index is 0.0987. The van der Waals surface area contributed by atoms with Crippen molar-refractivity contribution < 1.29 is 4.79 Å². The summed E-state index contributed by atoms with van der Waals surface area (Å²) in [5, 5.41) is 0.245. The van der Waals surface area contributed by atoms with Crippen molar-refractivity contribution >= 4 is 17.5 Å². The molecule has 0 aliphatic carbocycles. The van der Waals surface area contributed by atoms with E-state index in [4.69, 9.17) is 11.6 Å². The van der Waals surface area contributed by atoms with Crippen molar-refractivity contribution in [2.45, 2.75) is 12.3 Å². The summed E-state index contributed by atoms with van der Waals surface area (Å²) in [7, 11) is 0. The average molecular weight is 288 g/mol. The Balaban J connectivity index is 1.73. The molecule has 1 aromatic carbocycles. The standard InChI is InChI=1S/C15H14ClN3O/c16-14-9-17-8-13(18-14)15(20)19-7-6-12(10-19)11-4-2-1-3-5-11/h1-5,8-9,12H,6-7,10H2. The van der Waals surface area contributed by atoms with Crippen molar-refractivity contribution in [3.05, 3.63) is 59.1 Å². The molecule has 1 unspecified atom stereocenters. The van der Waals surface area contributed by atoms with Gasteiger partial charge in [0.25, 0.3) is 5.91 Å². The Bertz CT molecular complexity index is 618. The molecule has 0 N–H and O–H groups in total. The third-order valence-electron chi connectivity index (χ3n) is 3.57. The van der Waals surface area contributed by atoms with Crippen LogP contribution < -0.4 is 0 Å². The first-order valence-corrected chi connectivity index (χ1v) is 6.93. The molecule has 4 nitrogen and oxygen atoms in total. The Morgan fingerprint density at radius 1 is 1.25 bits per heavy atom. The number of likely N-dealkylation sites (tertiary alicyclic amines) is 1. The van der Waals surface area contributed by atoms with E-state index in [1.54, 1.807) is 0 Å². The SMILES string of the molecule is O=C(c1cncc(Cl)n1)N1CCC(c2ccccc2)C1. The van der Waals surface area contributed by atoms with Crippen molar-refractivity contribution in [2.24, 2.45) is 0 Å². The third kappa shape index (κ3) is 2.65. The van der Waals surface area contributed by atoms with Gasteiger partial charge in [0.1, 0.15) is 10.8 Å². The van der Waals surface area contributed by atoms with Gasteiger partial charge in [-0.2, -0.15) is 0 Å². The van der Waals surface area contributed by atoms with Gasteiger partial charge in [-0.15, -0.1) is 0 Å². The largest absolute Gasteiger partial charge is 0.337 e. The van der Waals surface area contributed by atoms with Gasteiger partial charge in [-0.3, -0.25) is 9.78 Å². The first kappa shape index (κ1) is 13.1. The average Bonchev–Trinajstić information content (AvgIpc) is 2.97.